The Morgan fingerprint density at radius 3 is 2.68 bits per heavy atom. The summed E-state index contributed by atoms with van der Waals surface area (Å²) in [7, 11) is 0. The number of aromatic nitrogens is 2. The number of amides is 1. The molecule has 0 fully saturated rings. The highest BCUT2D eigenvalue weighted by Gasteiger charge is 2.06. The Bertz CT molecular complexity index is 559. The summed E-state index contributed by atoms with van der Waals surface area (Å²) in [5.74, 6) is -0.0496. The lowest BCUT2D eigenvalue weighted by Gasteiger charge is -2.05. The summed E-state index contributed by atoms with van der Waals surface area (Å²) in [6, 6.07) is 5.38. The van der Waals surface area contributed by atoms with Crippen LogP contribution in [0.3, 0.4) is 0 Å². The van der Waals surface area contributed by atoms with Crippen LogP contribution < -0.4 is 5.32 Å². The fourth-order valence-corrected chi connectivity index (χ4v) is 2.20. The van der Waals surface area contributed by atoms with Gasteiger partial charge in [0.05, 0.1) is 11.0 Å². The van der Waals surface area contributed by atoms with Crippen LogP contribution in [-0.2, 0) is 0 Å². The molecule has 100 valence electrons. The average Bonchev–Trinajstić information content (AvgIpc) is 2.46. The van der Waals surface area contributed by atoms with Crippen LogP contribution in [0.25, 0.3) is 11.0 Å². The molecular formula is C14H16BrN3O. The number of nitrogens with one attached hydrogen (secondary N) is 1. The van der Waals surface area contributed by atoms with Crippen LogP contribution in [-0.4, -0.2) is 27.7 Å². The van der Waals surface area contributed by atoms with E-state index >= 15 is 0 Å². The van der Waals surface area contributed by atoms with Crippen LogP contribution in [0.5, 0.6) is 0 Å². The van der Waals surface area contributed by atoms with Gasteiger partial charge in [0.2, 0.25) is 0 Å². The zero-order valence-electron chi connectivity index (χ0n) is 10.6. The fraction of sp³-hybridized carbons (Fsp3) is 0.357. The van der Waals surface area contributed by atoms with Crippen LogP contribution >= 0.6 is 15.9 Å². The molecule has 4 nitrogen and oxygen atoms in total. The summed E-state index contributed by atoms with van der Waals surface area (Å²) in [4.78, 5) is 20.3. The molecule has 1 aromatic carbocycles. The Morgan fingerprint density at radius 2 is 1.89 bits per heavy atom. The second-order valence-corrected chi connectivity index (χ2v) is 5.06. The molecule has 1 aromatic heterocycles. The smallest absolute Gasteiger partial charge is 0.251 e. The molecule has 0 aliphatic carbocycles. The summed E-state index contributed by atoms with van der Waals surface area (Å²) < 4.78 is 0. The number of halogens is 1. The van der Waals surface area contributed by atoms with Gasteiger partial charge < -0.3 is 5.32 Å². The molecule has 0 saturated heterocycles. The van der Waals surface area contributed by atoms with Crippen molar-refractivity contribution in [1.29, 1.82) is 0 Å². The SMILES string of the molecule is O=C(NCCCCCBr)c1ccc2nccnc2c1. The van der Waals surface area contributed by atoms with Crippen molar-refractivity contribution in [2.24, 2.45) is 0 Å². The summed E-state index contributed by atoms with van der Waals surface area (Å²) in [5, 5.41) is 3.94. The summed E-state index contributed by atoms with van der Waals surface area (Å²) in [6.45, 7) is 0.713. The minimum absolute atomic E-state index is 0.0496. The zero-order valence-corrected chi connectivity index (χ0v) is 12.2. The van der Waals surface area contributed by atoms with E-state index in [1.54, 1.807) is 24.5 Å². The standard InChI is InChI=1S/C14H16BrN3O/c15-6-2-1-3-7-18-14(19)11-4-5-12-13(10-11)17-9-8-16-12/h4-5,8-10H,1-3,6-7H2,(H,18,19). The quantitative estimate of drug-likeness (QED) is 0.657. The van der Waals surface area contributed by atoms with E-state index in [1.807, 2.05) is 6.07 Å². The Labute approximate surface area is 120 Å². The van der Waals surface area contributed by atoms with Crippen molar-refractivity contribution in [3.8, 4) is 0 Å². The number of nitrogens with zero attached hydrogens (tertiary/aromatic N) is 2. The van der Waals surface area contributed by atoms with Crippen LogP contribution in [0.1, 0.15) is 29.6 Å². The lowest BCUT2D eigenvalue weighted by molar-refractivity contribution is 0.0953. The van der Waals surface area contributed by atoms with Gasteiger partial charge in [-0.05, 0) is 31.0 Å². The molecule has 0 saturated carbocycles. The molecular weight excluding hydrogens is 306 g/mol. The van der Waals surface area contributed by atoms with Crippen LogP contribution in [0.4, 0.5) is 0 Å². The minimum Gasteiger partial charge on any atom is -0.352 e. The van der Waals surface area contributed by atoms with E-state index in [0.717, 1.165) is 35.6 Å². The van der Waals surface area contributed by atoms with E-state index in [-0.39, 0.29) is 5.91 Å². The predicted octanol–water partition coefficient (Wildman–Crippen LogP) is 2.92. The van der Waals surface area contributed by atoms with Gasteiger partial charge in [-0.25, -0.2) is 0 Å². The van der Waals surface area contributed by atoms with Crippen LogP contribution in [0, 0.1) is 0 Å². The molecule has 2 rings (SSSR count). The molecule has 5 heteroatoms. The normalized spacial score (nSPS) is 10.6. The largest absolute Gasteiger partial charge is 0.352 e. The van der Waals surface area contributed by atoms with Crippen molar-refractivity contribution >= 4 is 32.9 Å². The molecule has 1 heterocycles. The number of rotatable bonds is 6. The molecule has 1 N–H and O–H groups in total. The van der Waals surface area contributed by atoms with Gasteiger partial charge in [-0.3, -0.25) is 14.8 Å². The highest BCUT2D eigenvalue weighted by molar-refractivity contribution is 9.09. The number of hydrogen-bond donors (Lipinski definition) is 1. The number of unbranched alkanes of at least 4 members (excludes halogenated alkanes) is 2. The molecule has 19 heavy (non-hydrogen) atoms. The minimum atomic E-state index is -0.0496. The molecule has 1 amide bonds. The van der Waals surface area contributed by atoms with E-state index in [4.69, 9.17) is 0 Å². The van der Waals surface area contributed by atoms with Crippen molar-refractivity contribution in [2.75, 3.05) is 11.9 Å². The number of benzene rings is 1. The lowest BCUT2D eigenvalue weighted by Crippen LogP contribution is -2.24. The number of carbonyl (C=O) groups excluding carboxylic acids is 1. The van der Waals surface area contributed by atoms with Crippen molar-refractivity contribution in [2.45, 2.75) is 19.3 Å². The molecule has 0 unspecified atom stereocenters. The molecule has 0 atom stereocenters. The van der Waals surface area contributed by atoms with E-state index in [1.165, 1.54) is 0 Å². The summed E-state index contributed by atoms with van der Waals surface area (Å²) >= 11 is 3.39. The van der Waals surface area contributed by atoms with Gasteiger partial charge in [0.1, 0.15) is 0 Å². The van der Waals surface area contributed by atoms with Gasteiger partial charge in [0.25, 0.3) is 5.91 Å². The lowest BCUT2D eigenvalue weighted by atomic mass is 10.1. The maximum atomic E-state index is 12.0. The van der Waals surface area contributed by atoms with Gasteiger partial charge in [0, 0.05) is 29.8 Å². The Balaban J connectivity index is 1.93. The van der Waals surface area contributed by atoms with Crippen LogP contribution in [0.2, 0.25) is 0 Å². The Kier molecular flexibility index (Phi) is 5.27. The fourth-order valence-electron chi connectivity index (χ4n) is 1.80. The average molecular weight is 322 g/mol. The van der Waals surface area contributed by atoms with Crippen molar-refractivity contribution in [3.63, 3.8) is 0 Å². The van der Waals surface area contributed by atoms with Gasteiger partial charge in [0.15, 0.2) is 0 Å². The highest BCUT2D eigenvalue weighted by atomic mass is 79.9. The Hall–Kier alpha value is -1.49. The third-order valence-electron chi connectivity index (χ3n) is 2.83. The van der Waals surface area contributed by atoms with Crippen molar-refractivity contribution in [3.05, 3.63) is 36.2 Å². The first-order chi connectivity index (χ1) is 9.31. The van der Waals surface area contributed by atoms with E-state index in [0.29, 0.717) is 12.1 Å². The second-order valence-electron chi connectivity index (χ2n) is 4.27. The zero-order chi connectivity index (χ0) is 13.5. The first-order valence-electron chi connectivity index (χ1n) is 6.36. The molecule has 0 spiro atoms. The molecule has 0 aliphatic rings. The maximum Gasteiger partial charge on any atom is 0.251 e. The van der Waals surface area contributed by atoms with E-state index in [2.05, 4.69) is 31.2 Å². The molecule has 2 aromatic rings. The summed E-state index contributed by atoms with van der Waals surface area (Å²) in [5.41, 5.74) is 2.18. The van der Waals surface area contributed by atoms with Crippen LogP contribution in [0.15, 0.2) is 30.6 Å². The number of alkyl halides is 1. The topological polar surface area (TPSA) is 54.9 Å². The first-order valence-corrected chi connectivity index (χ1v) is 7.48. The van der Waals surface area contributed by atoms with E-state index in [9.17, 15) is 4.79 Å². The van der Waals surface area contributed by atoms with Gasteiger partial charge in [-0.1, -0.05) is 22.4 Å². The third kappa shape index (κ3) is 3.99. The van der Waals surface area contributed by atoms with Gasteiger partial charge in [-0.15, -0.1) is 0 Å². The van der Waals surface area contributed by atoms with Gasteiger partial charge >= 0.3 is 0 Å². The number of fused-ring (bicyclic) bond motifs is 1. The Morgan fingerprint density at radius 1 is 1.11 bits per heavy atom. The number of hydrogen-bond acceptors (Lipinski definition) is 3. The van der Waals surface area contributed by atoms with Crippen molar-refractivity contribution in [1.82, 2.24) is 15.3 Å². The summed E-state index contributed by atoms with van der Waals surface area (Å²) in [6.07, 6.45) is 6.54. The number of carbonyl (C=O) groups is 1. The third-order valence-corrected chi connectivity index (χ3v) is 3.39. The van der Waals surface area contributed by atoms with E-state index < -0.39 is 0 Å². The first kappa shape index (κ1) is 13.9. The van der Waals surface area contributed by atoms with Crippen molar-refractivity contribution < 1.29 is 4.79 Å². The molecule has 0 aliphatic heterocycles. The monoisotopic (exact) mass is 321 g/mol. The highest BCUT2D eigenvalue weighted by Crippen LogP contribution is 2.10. The second kappa shape index (κ2) is 7.19. The van der Waals surface area contributed by atoms with Gasteiger partial charge in [-0.2, -0.15) is 0 Å². The molecule has 0 bridgehead atoms. The predicted molar refractivity (Wildman–Crippen MR) is 79.5 cm³/mol. The molecule has 0 radical (unpaired) electrons. The maximum absolute atomic E-state index is 12.0.